The number of nitrogens with zero attached hydrogens (tertiary/aromatic N) is 4. The maximum Gasteiger partial charge on any atom is 0.433 e. The number of anilines is 3. The molecule has 0 unspecified atom stereocenters. The number of alkyl halides is 3. The lowest BCUT2D eigenvalue weighted by Crippen LogP contribution is -2.09. The van der Waals surface area contributed by atoms with Gasteiger partial charge in [-0.3, -0.25) is 18.7 Å². The number of aryl methyl sites for hydroxylation is 1. The number of nitrogens with one attached hydrogen (secondary N) is 2. The lowest BCUT2D eigenvalue weighted by Gasteiger charge is -2.17. The van der Waals surface area contributed by atoms with E-state index in [2.05, 4.69) is 25.4 Å². The molecule has 0 saturated heterocycles. The number of fused-ring (bicyclic) bond motifs is 1. The fourth-order valence-electron chi connectivity index (χ4n) is 3.30. The van der Waals surface area contributed by atoms with Crippen molar-refractivity contribution in [3.05, 3.63) is 65.7 Å². The van der Waals surface area contributed by atoms with E-state index in [9.17, 15) is 22.1 Å². The molecule has 184 valence electrons. The predicted octanol–water partition coefficient (Wildman–Crippen LogP) is 5.84. The minimum atomic E-state index is -4.48. The monoisotopic (exact) mass is 510 g/mol. The van der Waals surface area contributed by atoms with E-state index in [1.807, 2.05) is 0 Å². The Hall–Kier alpha value is -3.54. The molecule has 0 aliphatic heterocycles. The number of benzene rings is 2. The molecular weight excluding hydrogens is 491 g/mol. The van der Waals surface area contributed by atoms with Crippen molar-refractivity contribution in [2.75, 3.05) is 24.6 Å². The quantitative estimate of drug-likeness (QED) is 0.236. The van der Waals surface area contributed by atoms with Crippen LogP contribution in [0.3, 0.4) is 0 Å². The Morgan fingerprint density at radius 2 is 1.66 bits per heavy atom. The van der Waals surface area contributed by atoms with E-state index >= 15 is 0 Å². The second kappa shape index (κ2) is 9.25. The summed E-state index contributed by atoms with van der Waals surface area (Å²) >= 11 is 0. The molecule has 2 N–H and O–H groups in total. The molecule has 14 heteroatoms. The molecule has 0 aliphatic carbocycles. The maximum absolute atomic E-state index is 14.0. The number of imidazole rings is 1. The van der Waals surface area contributed by atoms with Crippen LogP contribution >= 0.6 is 7.75 Å². The van der Waals surface area contributed by atoms with Crippen LogP contribution in [0.15, 0.2) is 48.5 Å². The van der Waals surface area contributed by atoms with E-state index in [1.54, 1.807) is 11.5 Å². The van der Waals surface area contributed by atoms with Crippen molar-refractivity contribution >= 4 is 36.2 Å². The van der Waals surface area contributed by atoms with E-state index in [1.165, 1.54) is 50.6 Å². The molecule has 0 amide bonds. The van der Waals surface area contributed by atoms with Gasteiger partial charge in [-0.15, -0.1) is 0 Å². The Morgan fingerprint density at radius 1 is 0.971 bits per heavy atom. The molecule has 0 radical (unpaired) electrons. The largest absolute Gasteiger partial charge is 0.433 e. The van der Waals surface area contributed by atoms with Crippen LogP contribution in [0.5, 0.6) is 0 Å². The van der Waals surface area contributed by atoms with Gasteiger partial charge in [-0.05, 0) is 43.3 Å². The van der Waals surface area contributed by atoms with Gasteiger partial charge in [0.15, 0.2) is 0 Å². The van der Waals surface area contributed by atoms with Crippen LogP contribution in [0.1, 0.15) is 11.4 Å². The molecule has 0 bridgehead atoms. The Labute approximate surface area is 196 Å². The Balaban J connectivity index is 1.81. The molecule has 2 aromatic carbocycles. The fourth-order valence-corrected chi connectivity index (χ4v) is 4.02. The van der Waals surface area contributed by atoms with Gasteiger partial charge in [0.05, 0.1) is 16.6 Å². The third-order valence-electron chi connectivity index (χ3n) is 4.93. The molecular formula is C21H19F4N6O3P. The van der Waals surface area contributed by atoms with Gasteiger partial charge in [-0.1, -0.05) is 0 Å². The molecule has 2 heterocycles. The summed E-state index contributed by atoms with van der Waals surface area (Å²) in [4.78, 5) is 13.0. The minimum Gasteiger partial charge on any atom is -0.324 e. The minimum absolute atomic E-state index is 0.00842. The molecule has 2 aromatic heterocycles. The van der Waals surface area contributed by atoms with E-state index < -0.39 is 25.3 Å². The van der Waals surface area contributed by atoms with Crippen LogP contribution in [0.4, 0.5) is 35.0 Å². The fraction of sp³-hybridized carbons (Fsp3) is 0.190. The van der Waals surface area contributed by atoms with Gasteiger partial charge in [0.1, 0.15) is 23.3 Å². The van der Waals surface area contributed by atoms with Crippen LogP contribution in [-0.4, -0.2) is 33.7 Å². The number of hydrogen-bond acceptors (Lipinski definition) is 7. The third kappa shape index (κ3) is 5.26. The highest BCUT2D eigenvalue weighted by atomic mass is 31.2. The first-order valence-electron chi connectivity index (χ1n) is 9.99. The first-order chi connectivity index (χ1) is 16.5. The number of aromatic nitrogens is 4. The second-order valence-corrected chi connectivity index (χ2v) is 9.19. The number of halogens is 4. The van der Waals surface area contributed by atoms with Crippen LogP contribution in [0, 0.1) is 12.7 Å². The lowest BCUT2D eigenvalue weighted by atomic mass is 10.2. The molecule has 0 spiro atoms. The summed E-state index contributed by atoms with van der Waals surface area (Å²) < 4.78 is 76.6. The molecule has 9 nitrogen and oxygen atoms in total. The molecule has 0 aliphatic rings. The molecule has 0 saturated carbocycles. The molecule has 4 aromatic rings. The standard InChI is InChI=1S/C21H19F4N6O3P/c1-12-26-16-9-6-14(22)10-17(16)31(12)19-11-18(30-35(32,33-2)34-3)28-20(29-19)27-15-7-4-13(5-8-15)21(23,24)25/h4-11H,1-3H3,(H2,27,28,29,30,32). The van der Waals surface area contributed by atoms with E-state index in [0.29, 0.717) is 16.9 Å². The molecule has 0 atom stereocenters. The topological polar surface area (TPSA) is 103 Å². The van der Waals surface area contributed by atoms with Crippen molar-refractivity contribution in [2.24, 2.45) is 0 Å². The van der Waals surface area contributed by atoms with Crippen LogP contribution in [0.2, 0.25) is 0 Å². The van der Waals surface area contributed by atoms with Crippen LogP contribution in [-0.2, 0) is 19.8 Å². The highest BCUT2D eigenvalue weighted by molar-refractivity contribution is 7.55. The average molecular weight is 510 g/mol. The highest BCUT2D eigenvalue weighted by Crippen LogP contribution is 2.46. The van der Waals surface area contributed by atoms with Crippen LogP contribution < -0.4 is 10.4 Å². The van der Waals surface area contributed by atoms with E-state index in [0.717, 1.165) is 12.1 Å². The highest BCUT2D eigenvalue weighted by Gasteiger charge is 2.30. The zero-order chi connectivity index (χ0) is 25.4. The summed E-state index contributed by atoms with van der Waals surface area (Å²) in [6, 6.07) is 9.74. The Bertz CT molecular complexity index is 1420. The summed E-state index contributed by atoms with van der Waals surface area (Å²) in [5.41, 5.74) is 0.368. The molecule has 35 heavy (non-hydrogen) atoms. The molecule has 4 rings (SSSR count). The SMILES string of the molecule is COP(=O)(Nc1cc(-n2c(C)nc3ccc(F)cc32)nc(Nc2ccc(C(F)(F)F)cc2)n1)OC. The van der Waals surface area contributed by atoms with Gasteiger partial charge in [-0.25, -0.2) is 13.9 Å². The van der Waals surface area contributed by atoms with Crippen molar-refractivity contribution in [3.8, 4) is 5.82 Å². The van der Waals surface area contributed by atoms with Crippen molar-refractivity contribution < 1.29 is 31.2 Å². The summed E-state index contributed by atoms with van der Waals surface area (Å²) in [5, 5.41) is 5.37. The lowest BCUT2D eigenvalue weighted by molar-refractivity contribution is -0.137. The first-order valence-corrected chi connectivity index (χ1v) is 11.5. The van der Waals surface area contributed by atoms with Crippen molar-refractivity contribution in [3.63, 3.8) is 0 Å². The predicted molar refractivity (Wildman–Crippen MR) is 121 cm³/mol. The first kappa shape index (κ1) is 24.6. The van der Waals surface area contributed by atoms with Crippen molar-refractivity contribution in [2.45, 2.75) is 13.1 Å². The third-order valence-corrected chi connectivity index (χ3v) is 6.39. The van der Waals surface area contributed by atoms with Crippen molar-refractivity contribution in [1.82, 2.24) is 19.5 Å². The smallest absolute Gasteiger partial charge is 0.324 e. The van der Waals surface area contributed by atoms with Crippen molar-refractivity contribution in [1.29, 1.82) is 0 Å². The zero-order valence-electron chi connectivity index (χ0n) is 18.6. The van der Waals surface area contributed by atoms with E-state index in [-0.39, 0.29) is 23.3 Å². The number of hydrogen-bond donors (Lipinski definition) is 2. The number of rotatable bonds is 7. The maximum atomic E-state index is 14.0. The Morgan fingerprint density at radius 3 is 2.29 bits per heavy atom. The Kier molecular flexibility index (Phi) is 6.50. The van der Waals surface area contributed by atoms with Gasteiger partial charge in [0, 0.05) is 32.0 Å². The normalized spacial score (nSPS) is 12.2. The summed E-state index contributed by atoms with van der Waals surface area (Å²) in [6.45, 7) is 1.69. The van der Waals surface area contributed by atoms with Gasteiger partial charge in [-0.2, -0.15) is 23.1 Å². The van der Waals surface area contributed by atoms with Crippen LogP contribution in [0.25, 0.3) is 16.9 Å². The zero-order valence-corrected chi connectivity index (χ0v) is 19.5. The molecule has 0 fully saturated rings. The van der Waals surface area contributed by atoms with Gasteiger partial charge < -0.3 is 5.32 Å². The van der Waals surface area contributed by atoms with E-state index in [4.69, 9.17) is 9.05 Å². The summed E-state index contributed by atoms with van der Waals surface area (Å²) in [6.07, 6.45) is -4.48. The summed E-state index contributed by atoms with van der Waals surface area (Å²) in [5.74, 6) is 0.145. The average Bonchev–Trinajstić information content (AvgIpc) is 3.13. The van der Waals surface area contributed by atoms with Gasteiger partial charge in [0.25, 0.3) is 0 Å². The van der Waals surface area contributed by atoms with Gasteiger partial charge >= 0.3 is 13.9 Å². The van der Waals surface area contributed by atoms with Gasteiger partial charge in [0.2, 0.25) is 5.95 Å². The summed E-state index contributed by atoms with van der Waals surface area (Å²) in [7, 11) is -1.42. The second-order valence-electron chi connectivity index (χ2n) is 7.24.